The second-order valence-electron chi connectivity index (χ2n) is 3.11. The number of aryl methyl sites for hydroxylation is 1. The van der Waals surface area contributed by atoms with Crippen LogP contribution in [0.2, 0.25) is 0 Å². The summed E-state index contributed by atoms with van der Waals surface area (Å²) >= 11 is 0. The van der Waals surface area contributed by atoms with Crippen molar-refractivity contribution in [1.82, 2.24) is 9.78 Å². The zero-order valence-electron chi connectivity index (χ0n) is 7.78. The third-order valence-corrected chi connectivity index (χ3v) is 2.06. The van der Waals surface area contributed by atoms with Crippen LogP contribution in [0.1, 0.15) is 13.3 Å². The minimum atomic E-state index is 0.251. The van der Waals surface area contributed by atoms with Gasteiger partial charge in [-0.3, -0.25) is 10.3 Å². The van der Waals surface area contributed by atoms with Gasteiger partial charge < -0.3 is 4.74 Å². The smallest absolute Gasteiger partial charge is 0.238 e. The topological polar surface area (TPSA) is 48.3 Å². The fourth-order valence-electron chi connectivity index (χ4n) is 1.39. The van der Waals surface area contributed by atoms with E-state index in [1.165, 1.54) is 0 Å². The van der Waals surface area contributed by atoms with E-state index in [1.54, 1.807) is 13.3 Å². The lowest BCUT2D eigenvalue weighted by Crippen LogP contribution is -2.23. The highest BCUT2D eigenvalue weighted by Crippen LogP contribution is 2.29. The third kappa shape index (κ3) is 1.47. The zero-order valence-corrected chi connectivity index (χ0v) is 7.78. The number of hydrogen-bond acceptors (Lipinski definition) is 4. The van der Waals surface area contributed by atoms with Gasteiger partial charge in [-0.2, -0.15) is 5.10 Å². The van der Waals surface area contributed by atoms with Crippen molar-refractivity contribution in [3.05, 3.63) is 6.20 Å². The van der Waals surface area contributed by atoms with E-state index in [1.807, 2.05) is 11.6 Å². The van der Waals surface area contributed by atoms with Crippen LogP contribution < -0.4 is 10.2 Å². The van der Waals surface area contributed by atoms with Gasteiger partial charge in [-0.15, -0.1) is 0 Å². The van der Waals surface area contributed by atoms with Crippen molar-refractivity contribution in [3.8, 4) is 5.88 Å². The number of anilines is 1. The minimum absolute atomic E-state index is 0.251. The molecule has 1 aliphatic heterocycles. The second-order valence-corrected chi connectivity index (χ2v) is 3.11. The fourth-order valence-corrected chi connectivity index (χ4v) is 1.39. The maximum absolute atomic E-state index is 5.61. The van der Waals surface area contributed by atoms with Crippen molar-refractivity contribution in [2.24, 2.45) is 0 Å². The molecule has 2 heterocycles. The Morgan fingerprint density at radius 1 is 1.77 bits per heavy atom. The number of aromatic nitrogens is 2. The van der Waals surface area contributed by atoms with Crippen LogP contribution in [-0.2, 0) is 11.4 Å². The summed E-state index contributed by atoms with van der Waals surface area (Å²) in [6.07, 6.45) is 2.96. The number of rotatable bonds is 2. The molecular weight excluding hydrogens is 170 g/mol. The Hall–Kier alpha value is -1.23. The molecule has 5 nitrogen and oxygen atoms in total. The molecule has 1 aromatic rings. The molecule has 0 saturated carbocycles. The first-order valence-corrected chi connectivity index (χ1v) is 4.32. The van der Waals surface area contributed by atoms with Gasteiger partial charge in [0.1, 0.15) is 5.69 Å². The SMILES string of the molecule is CONc1cnn2c1OC(C)CC2. The lowest BCUT2D eigenvalue weighted by atomic mass is 10.2. The van der Waals surface area contributed by atoms with E-state index in [2.05, 4.69) is 10.6 Å². The van der Waals surface area contributed by atoms with E-state index in [4.69, 9.17) is 9.57 Å². The molecule has 0 fully saturated rings. The predicted molar refractivity (Wildman–Crippen MR) is 47.6 cm³/mol. The Balaban J connectivity index is 2.25. The van der Waals surface area contributed by atoms with Gasteiger partial charge in [-0.25, -0.2) is 4.68 Å². The van der Waals surface area contributed by atoms with Crippen molar-refractivity contribution >= 4 is 5.69 Å². The summed E-state index contributed by atoms with van der Waals surface area (Å²) in [7, 11) is 1.57. The molecule has 0 spiro atoms. The van der Waals surface area contributed by atoms with Crippen LogP contribution in [0.3, 0.4) is 0 Å². The lowest BCUT2D eigenvalue weighted by molar-refractivity contribution is 0.148. The summed E-state index contributed by atoms with van der Waals surface area (Å²) in [4.78, 5) is 4.80. The van der Waals surface area contributed by atoms with E-state index >= 15 is 0 Å². The van der Waals surface area contributed by atoms with E-state index < -0.39 is 0 Å². The molecule has 2 rings (SSSR count). The molecule has 0 amide bonds. The molecule has 1 atom stereocenters. The van der Waals surface area contributed by atoms with Crippen molar-refractivity contribution in [3.63, 3.8) is 0 Å². The van der Waals surface area contributed by atoms with Gasteiger partial charge in [0, 0.05) is 13.0 Å². The quantitative estimate of drug-likeness (QED) is 0.695. The number of nitrogens with zero attached hydrogens (tertiary/aromatic N) is 2. The Labute approximate surface area is 76.6 Å². The van der Waals surface area contributed by atoms with Crippen molar-refractivity contribution in [2.75, 3.05) is 12.6 Å². The average molecular weight is 183 g/mol. The molecule has 1 aromatic heterocycles. The maximum Gasteiger partial charge on any atom is 0.238 e. The van der Waals surface area contributed by atoms with Crippen LogP contribution >= 0.6 is 0 Å². The average Bonchev–Trinajstić information content (AvgIpc) is 2.49. The summed E-state index contributed by atoms with van der Waals surface area (Å²) in [5.74, 6) is 0.764. The number of nitrogens with one attached hydrogen (secondary N) is 1. The molecule has 0 aromatic carbocycles. The summed E-state index contributed by atoms with van der Waals surface area (Å²) in [6, 6.07) is 0. The summed E-state index contributed by atoms with van der Waals surface area (Å²) in [5, 5.41) is 4.16. The van der Waals surface area contributed by atoms with Crippen LogP contribution in [-0.4, -0.2) is 23.0 Å². The molecular formula is C8H13N3O2. The summed E-state index contributed by atoms with van der Waals surface area (Å²) in [5.41, 5.74) is 3.51. The molecule has 5 heteroatoms. The predicted octanol–water partition coefficient (Wildman–Crippen LogP) is 1.03. The first-order valence-electron chi connectivity index (χ1n) is 4.32. The van der Waals surface area contributed by atoms with E-state index in [9.17, 15) is 0 Å². The van der Waals surface area contributed by atoms with Crippen molar-refractivity contribution < 1.29 is 9.57 Å². The molecule has 1 aliphatic rings. The summed E-state index contributed by atoms with van der Waals surface area (Å²) in [6.45, 7) is 2.95. The highest BCUT2D eigenvalue weighted by atomic mass is 16.6. The van der Waals surface area contributed by atoms with Crippen LogP contribution in [0.4, 0.5) is 5.69 Å². The minimum Gasteiger partial charge on any atom is -0.473 e. The third-order valence-electron chi connectivity index (χ3n) is 2.06. The van der Waals surface area contributed by atoms with Gasteiger partial charge in [0.05, 0.1) is 19.4 Å². The Bertz CT molecular complexity index is 298. The first-order chi connectivity index (χ1) is 6.31. The van der Waals surface area contributed by atoms with Gasteiger partial charge in [0.2, 0.25) is 5.88 Å². The van der Waals surface area contributed by atoms with Gasteiger partial charge >= 0.3 is 0 Å². The van der Waals surface area contributed by atoms with Crippen molar-refractivity contribution in [1.29, 1.82) is 0 Å². The molecule has 0 radical (unpaired) electrons. The standard InChI is InChI=1S/C8H13N3O2/c1-6-3-4-11-8(13-6)7(5-9-11)10-12-2/h5-6,10H,3-4H2,1-2H3. The van der Waals surface area contributed by atoms with E-state index in [0.29, 0.717) is 0 Å². The normalized spacial score (nSPS) is 20.6. The lowest BCUT2D eigenvalue weighted by Gasteiger charge is -2.22. The zero-order chi connectivity index (χ0) is 9.26. The van der Waals surface area contributed by atoms with E-state index in [0.717, 1.165) is 24.5 Å². The maximum atomic E-state index is 5.61. The molecule has 1 unspecified atom stereocenters. The van der Waals surface area contributed by atoms with Crippen LogP contribution in [0, 0.1) is 0 Å². The molecule has 0 bridgehead atoms. The number of hydrogen-bond donors (Lipinski definition) is 1. The molecule has 0 aliphatic carbocycles. The number of ether oxygens (including phenoxy) is 1. The fraction of sp³-hybridized carbons (Fsp3) is 0.625. The van der Waals surface area contributed by atoms with Crippen LogP contribution in [0.15, 0.2) is 6.20 Å². The molecule has 13 heavy (non-hydrogen) atoms. The Morgan fingerprint density at radius 2 is 2.62 bits per heavy atom. The highest BCUT2D eigenvalue weighted by molar-refractivity contribution is 5.50. The molecule has 0 saturated heterocycles. The van der Waals surface area contributed by atoms with Gasteiger partial charge in [0.25, 0.3) is 0 Å². The van der Waals surface area contributed by atoms with Gasteiger partial charge in [0.15, 0.2) is 0 Å². The number of fused-ring (bicyclic) bond motifs is 1. The second kappa shape index (κ2) is 3.26. The van der Waals surface area contributed by atoms with Crippen molar-refractivity contribution in [2.45, 2.75) is 26.0 Å². The van der Waals surface area contributed by atoms with Crippen LogP contribution in [0.5, 0.6) is 5.88 Å². The van der Waals surface area contributed by atoms with Gasteiger partial charge in [-0.05, 0) is 6.92 Å². The Kier molecular flexibility index (Phi) is 2.10. The first kappa shape index (κ1) is 8.37. The molecule has 72 valence electrons. The largest absolute Gasteiger partial charge is 0.473 e. The Morgan fingerprint density at radius 3 is 3.38 bits per heavy atom. The summed E-state index contributed by atoms with van der Waals surface area (Å²) < 4.78 is 7.45. The molecule has 1 N–H and O–H groups in total. The monoisotopic (exact) mass is 183 g/mol. The van der Waals surface area contributed by atoms with Crippen LogP contribution in [0.25, 0.3) is 0 Å². The van der Waals surface area contributed by atoms with E-state index in [-0.39, 0.29) is 6.10 Å². The highest BCUT2D eigenvalue weighted by Gasteiger charge is 2.20. The van der Waals surface area contributed by atoms with Gasteiger partial charge in [-0.1, -0.05) is 0 Å².